The minimum atomic E-state index is -0.300. The fourth-order valence-corrected chi connectivity index (χ4v) is 3.70. The molecule has 1 fully saturated rings. The average molecular weight is 340 g/mol. The summed E-state index contributed by atoms with van der Waals surface area (Å²) < 4.78 is 16.2. The summed E-state index contributed by atoms with van der Waals surface area (Å²) in [7, 11) is 0. The second-order valence-electron chi connectivity index (χ2n) is 6.51. The normalized spacial score (nSPS) is 22.3. The third kappa shape index (κ3) is 2.32. The summed E-state index contributed by atoms with van der Waals surface area (Å²) in [6.45, 7) is 4.59. The van der Waals surface area contributed by atoms with Crippen LogP contribution in [0.1, 0.15) is 45.6 Å². The van der Waals surface area contributed by atoms with Gasteiger partial charge in [-0.05, 0) is 46.7 Å². The number of aromatic nitrogens is 2. The molecule has 3 rings (SSSR count). The van der Waals surface area contributed by atoms with Crippen molar-refractivity contribution in [3.05, 3.63) is 22.4 Å². The molecule has 0 radical (unpaired) electrons. The van der Waals surface area contributed by atoms with E-state index >= 15 is 0 Å². The van der Waals surface area contributed by atoms with Crippen molar-refractivity contribution in [3.8, 4) is 0 Å². The molecule has 0 spiro atoms. The average Bonchev–Trinajstić information content (AvgIpc) is 2.64. The van der Waals surface area contributed by atoms with Crippen molar-refractivity contribution in [3.63, 3.8) is 0 Å². The Bertz CT molecular complexity index is 663. The number of anilines is 1. The molecule has 1 aliphatic rings. The summed E-state index contributed by atoms with van der Waals surface area (Å²) in [6, 6.07) is 3.58. The summed E-state index contributed by atoms with van der Waals surface area (Å²) >= 11 is 3.25. The van der Waals surface area contributed by atoms with Crippen LogP contribution in [0.15, 0.2) is 16.6 Å². The Labute approximate surface area is 126 Å². The van der Waals surface area contributed by atoms with E-state index in [1.54, 1.807) is 6.07 Å². The highest BCUT2D eigenvalue weighted by atomic mass is 79.9. The van der Waals surface area contributed by atoms with Crippen LogP contribution in [0.3, 0.4) is 0 Å². The monoisotopic (exact) mass is 339 g/mol. The number of hydrogen-bond acceptors (Lipinski definition) is 2. The van der Waals surface area contributed by atoms with Gasteiger partial charge >= 0.3 is 0 Å². The van der Waals surface area contributed by atoms with Crippen molar-refractivity contribution in [2.24, 2.45) is 5.41 Å². The molecule has 0 bridgehead atoms. The quantitative estimate of drug-likeness (QED) is 0.820. The topological polar surface area (TPSA) is 43.8 Å². The molecular formula is C15H19BrFN3. The van der Waals surface area contributed by atoms with Crippen molar-refractivity contribution in [2.75, 3.05) is 5.73 Å². The maximum Gasteiger partial charge on any atom is 0.201 e. The Morgan fingerprint density at radius 1 is 1.45 bits per heavy atom. The Morgan fingerprint density at radius 2 is 2.20 bits per heavy atom. The molecule has 1 aromatic heterocycles. The number of benzene rings is 1. The predicted molar refractivity (Wildman–Crippen MR) is 83.1 cm³/mol. The van der Waals surface area contributed by atoms with Crippen LogP contribution in [0, 0.1) is 11.2 Å². The van der Waals surface area contributed by atoms with E-state index in [2.05, 4.69) is 39.3 Å². The molecule has 3 nitrogen and oxygen atoms in total. The summed E-state index contributed by atoms with van der Waals surface area (Å²) in [4.78, 5) is 4.32. The highest BCUT2D eigenvalue weighted by Crippen LogP contribution is 2.43. The largest absolute Gasteiger partial charge is 0.369 e. The molecule has 1 atom stereocenters. The lowest BCUT2D eigenvalue weighted by molar-refractivity contribution is 0.187. The van der Waals surface area contributed by atoms with Crippen LogP contribution in [-0.2, 0) is 0 Å². The number of nitrogens with two attached hydrogens (primary N) is 1. The third-order valence-corrected chi connectivity index (χ3v) is 4.91. The zero-order chi connectivity index (χ0) is 14.5. The Kier molecular flexibility index (Phi) is 3.27. The highest BCUT2D eigenvalue weighted by molar-refractivity contribution is 9.10. The standard InChI is InChI=1S/C15H19BrFN3/c1-15(2)5-3-4-9(8-15)20-13-6-10(16)11(17)7-12(13)19-14(20)18/h6-7,9H,3-5,8H2,1-2H3,(H2,18,19). The fraction of sp³-hybridized carbons (Fsp3) is 0.533. The van der Waals surface area contributed by atoms with Gasteiger partial charge < -0.3 is 10.3 Å². The van der Waals surface area contributed by atoms with Crippen LogP contribution in [0.5, 0.6) is 0 Å². The van der Waals surface area contributed by atoms with E-state index in [0.29, 0.717) is 27.4 Å². The molecule has 0 saturated heterocycles. The highest BCUT2D eigenvalue weighted by Gasteiger charge is 2.30. The van der Waals surface area contributed by atoms with Gasteiger partial charge in [0.25, 0.3) is 0 Å². The Morgan fingerprint density at radius 3 is 2.90 bits per heavy atom. The van der Waals surface area contributed by atoms with E-state index in [1.807, 2.05) is 0 Å². The van der Waals surface area contributed by atoms with E-state index in [-0.39, 0.29) is 5.82 Å². The van der Waals surface area contributed by atoms with Gasteiger partial charge in [-0.15, -0.1) is 0 Å². The number of nitrogen functional groups attached to an aromatic ring is 1. The second-order valence-corrected chi connectivity index (χ2v) is 7.36. The number of imidazole rings is 1. The van der Waals surface area contributed by atoms with Crippen LogP contribution in [-0.4, -0.2) is 9.55 Å². The number of rotatable bonds is 1. The number of hydrogen-bond donors (Lipinski definition) is 1. The molecule has 1 heterocycles. The lowest BCUT2D eigenvalue weighted by atomic mass is 9.75. The first-order valence-electron chi connectivity index (χ1n) is 7.00. The smallest absolute Gasteiger partial charge is 0.201 e. The van der Waals surface area contributed by atoms with Crippen LogP contribution in [0.4, 0.5) is 10.3 Å². The van der Waals surface area contributed by atoms with Gasteiger partial charge in [0.1, 0.15) is 5.82 Å². The summed E-state index contributed by atoms with van der Waals surface area (Å²) in [5.74, 6) is 0.186. The molecule has 5 heteroatoms. The van der Waals surface area contributed by atoms with E-state index < -0.39 is 0 Å². The van der Waals surface area contributed by atoms with E-state index in [9.17, 15) is 4.39 Å². The summed E-state index contributed by atoms with van der Waals surface area (Å²) in [5.41, 5.74) is 7.96. The first-order chi connectivity index (χ1) is 9.37. The molecule has 1 unspecified atom stereocenters. The molecule has 0 amide bonds. The van der Waals surface area contributed by atoms with Crippen LogP contribution < -0.4 is 5.73 Å². The van der Waals surface area contributed by atoms with Crippen molar-refractivity contribution in [1.29, 1.82) is 0 Å². The Balaban J connectivity index is 2.11. The van der Waals surface area contributed by atoms with Gasteiger partial charge in [0.05, 0.1) is 15.5 Å². The number of halogens is 2. The minimum absolute atomic E-state index is 0.300. The van der Waals surface area contributed by atoms with Gasteiger partial charge in [0, 0.05) is 12.1 Å². The second kappa shape index (κ2) is 4.72. The zero-order valence-corrected chi connectivity index (χ0v) is 13.4. The SMILES string of the molecule is CC1(C)CCCC(n2c(N)nc3cc(F)c(Br)cc32)C1. The minimum Gasteiger partial charge on any atom is -0.369 e. The lowest BCUT2D eigenvalue weighted by Gasteiger charge is -2.36. The van der Waals surface area contributed by atoms with Crippen molar-refractivity contribution in [2.45, 2.75) is 45.6 Å². The molecule has 20 heavy (non-hydrogen) atoms. The van der Waals surface area contributed by atoms with Crippen molar-refractivity contribution < 1.29 is 4.39 Å². The van der Waals surface area contributed by atoms with Gasteiger partial charge in [-0.1, -0.05) is 20.3 Å². The predicted octanol–water partition coefficient (Wildman–Crippen LogP) is 4.66. The molecule has 2 aromatic rings. The number of nitrogens with zero attached hydrogens (tertiary/aromatic N) is 2. The van der Waals surface area contributed by atoms with Crippen molar-refractivity contribution in [1.82, 2.24) is 9.55 Å². The van der Waals surface area contributed by atoms with Crippen molar-refractivity contribution >= 4 is 32.9 Å². The Hall–Kier alpha value is -1.10. The lowest BCUT2D eigenvalue weighted by Crippen LogP contribution is -2.25. The molecule has 1 aliphatic carbocycles. The molecule has 1 aromatic carbocycles. The van der Waals surface area contributed by atoms with E-state index in [1.165, 1.54) is 18.9 Å². The third-order valence-electron chi connectivity index (χ3n) is 4.30. The zero-order valence-electron chi connectivity index (χ0n) is 11.8. The van der Waals surface area contributed by atoms with Crippen LogP contribution >= 0.6 is 15.9 Å². The number of fused-ring (bicyclic) bond motifs is 1. The van der Waals surface area contributed by atoms with Gasteiger partial charge in [0.2, 0.25) is 5.95 Å². The first kappa shape index (κ1) is 13.9. The van der Waals surface area contributed by atoms with Gasteiger partial charge in [-0.3, -0.25) is 0 Å². The summed E-state index contributed by atoms with van der Waals surface area (Å²) in [5, 5.41) is 0. The molecule has 1 saturated carbocycles. The molecule has 108 valence electrons. The first-order valence-corrected chi connectivity index (χ1v) is 7.79. The van der Waals surface area contributed by atoms with Crippen LogP contribution in [0.25, 0.3) is 11.0 Å². The maximum atomic E-state index is 13.6. The van der Waals surface area contributed by atoms with Gasteiger partial charge in [-0.25, -0.2) is 9.37 Å². The van der Waals surface area contributed by atoms with E-state index in [4.69, 9.17) is 5.73 Å². The summed E-state index contributed by atoms with van der Waals surface area (Å²) in [6.07, 6.45) is 4.62. The fourth-order valence-electron chi connectivity index (χ4n) is 3.37. The molecular weight excluding hydrogens is 321 g/mol. The van der Waals surface area contributed by atoms with Gasteiger partial charge in [-0.2, -0.15) is 0 Å². The van der Waals surface area contributed by atoms with Crippen LogP contribution in [0.2, 0.25) is 0 Å². The van der Waals surface area contributed by atoms with E-state index in [0.717, 1.165) is 18.4 Å². The molecule has 0 aliphatic heterocycles. The maximum absolute atomic E-state index is 13.6. The molecule has 2 N–H and O–H groups in total. The van der Waals surface area contributed by atoms with Gasteiger partial charge in [0.15, 0.2) is 0 Å².